The molecule has 0 aliphatic carbocycles. The predicted molar refractivity (Wildman–Crippen MR) is 147 cm³/mol. The molecule has 0 aliphatic rings. The van der Waals surface area contributed by atoms with Gasteiger partial charge in [0, 0.05) is 12.6 Å². The first-order valence-electron chi connectivity index (χ1n) is 12.5. The number of amides is 1. The van der Waals surface area contributed by atoms with Crippen LogP contribution in [0.3, 0.4) is 0 Å². The average Bonchev–Trinajstić information content (AvgIpc) is 2.88. The first-order chi connectivity index (χ1) is 17.4. The summed E-state index contributed by atoms with van der Waals surface area (Å²) in [4.78, 5) is 34.2. The second-order valence-corrected chi connectivity index (χ2v) is 9.52. The van der Waals surface area contributed by atoms with Gasteiger partial charge in [-0.25, -0.2) is 4.98 Å². The number of rotatable bonds is 8. The van der Waals surface area contributed by atoms with Gasteiger partial charge in [-0.3, -0.25) is 14.2 Å². The summed E-state index contributed by atoms with van der Waals surface area (Å²) in [6.07, 6.45) is 4.08. The summed E-state index contributed by atoms with van der Waals surface area (Å²) in [6.45, 7) is 8.78. The Morgan fingerprint density at radius 1 is 0.972 bits per heavy atom. The lowest BCUT2D eigenvalue weighted by Crippen LogP contribution is -2.39. The van der Waals surface area contributed by atoms with Crippen molar-refractivity contribution in [3.05, 3.63) is 112 Å². The number of benzene rings is 3. The molecule has 36 heavy (non-hydrogen) atoms. The van der Waals surface area contributed by atoms with E-state index >= 15 is 0 Å². The summed E-state index contributed by atoms with van der Waals surface area (Å²) >= 11 is 0. The second kappa shape index (κ2) is 11.2. The largest absolute Gasteiger partial charge is 0.329 e. The van der Waals surface area contributed by atoms with Crippen molar-refractivity contribution in [2.75, 3.05) is 6.54 Å². The van der Waals surface area contributed by atoms with E-state index in [9.17, 15) is 9.59 Å². The van der Waals surface area contributed by atoms with E-state index in [1.165, 1.54) is 0 Å². The molecule has 1 aromatic heterocycles. The Morgan fingerprint density at radius 2 is 1.64 bits per heavy atom. The van der Waals surface area contributed by atoms with E-state index in [1.54, 1.807) is 16.7 Å². The molecule has 1 atom stereocenters. The van der Waals surface area contributed by atoms with Gasteiger partial charge >= 0.3 is 0 Å². The highest BCUT2D eigenvalue weighted by atomic mass is 16.2. The van der Waals surface area contributed by atoms with Crippen molar-refractivity contribution < 1.29 is 4.79 Å². The van der Waals surface area contributed by atoms with Crippen LogP contribution in [0.2, 0.25) is 0 Å². The summed E-state index contributed by atoms with van der Waals surface area (Å²) in [5, 5.41) is 0.558. The smallest absolute Gasteiger partial charge is 0.266 e. The lowest BCUT2D eigenvalue weighted by Gasteiger charge is -2.33. The van der Waals surface area contributed by atoms with Crippen molar-refractivity contribution in [2.45, 2.75) is 40.2 Å². The van der Waals surface area contributed by atoms with Crippen LogP contribution in [-0.4, -0.2) is 26.9 Å². The van der Waals surface area contributed by atoms with E-state index in [2.05, 4.69) is 13.8 Å². The number of fused-ring (bicyclic) bond motifs is 1. The van der Waals surface area contributed by atoms with E-state index in [4.69, 9.17) is 4.98 Å². The number of carbonyl (C=O) groups excluding carboxylic acids is 1. The molecule has 5 nitrogen and oxygen atoms in total. The molecule has 0 spiro atoms. The van der Waals surface area contributed by atoms with E-state index in [0.29, 0.717) is 29.7 Å². The maximum atomic E-state index is 13.8. The van der Waals surface area contributed by atoms with Crippen LogP contribution in [0, 0.1) is 12.8 Å². The maximum Gasteiger partial charge on any atom is 0.266 e. The molecule has 4 aromatic rings. The number of para-hydroxylation sites is 1. The first kappa shape index (κ1) is 25.1. The third kappa shape index (κ3) is 5.46. The van der Waals surface area contributed by atoms with E-state index in [-0.39, 0.29) is 23.4 Å². The Labute approximate surface area is 212 Å². The molecule has 3 aromatic carbocycles. The average molecular weight is 480 g/mol. The van der Waals surface area contributed by atoms with Gasteiger partial charge in [-0.05, 0) is 55.2 Å². The highest BCUT2D eigenvalue weighted by Gasteiger charge is 2.28. The summed E-state index contributed by atoms with van der Waals surface area (Å²) in [6, 6.07) is 24.7. The van der Waals surface area contributed by atoms with Gasteiger partial charge in [-0.1, -0.05) is 80.9 Å². The molecule has 0 saturated heterocycles. The van der Waals surface area contributed by atoms with Crippen molar-refractivity contribution in [1.29, 1.82) is 0 Å². The van der Waals surface area contributed by atoms with Crippen LogP contribution >= 0.6 is 0 Å². The molecule has 1 unspecified atom stereocenters. The quantitative estimate of drug-likeness (QED) is 0.277. The number of hydrogen-bond acceptors (Lipinski definition) is 3. The number of aromatic nitrogens is 2. The standard InChI is InChI=1S/C31H33N3O2/c1-5-28(33(21-22(2)3)29(35)20-17-24-11-7-6-8-12-24)30-32-27-14-10-9-13-26(27)31(36)34(30)25-18-15-23(4)16-19-25/h6-20,22,28H,5,21H2,1-4H3/b20-17+. The van der Waals surface area contributed by atoms with Crippen molar-refractivity contribution >= 4 is 22.9 Å². The van der Waals surface area contributed by atoms with Crippen molar-refractivity contribution in [1.82, 2.24) is 14.5 Å². The fourth-order valence-electron chi connectivity index (χ4n) is 4.45. The molecule has 5 heteroatoms. The number of nitrogens with zero attached hydrogens (tertiary/aromatic N) is 3. The van der Waals surface area contributed by atoms with E-state index < -0.39 is 0 Å². The van der Waals surface area contributed by atoms with Crippen LogP contribution in [0.15, 0.2) is 89.7 Å². The van der Waals surface area contributed by atoms with Crippen LogP contribution in [0.1, 0.15) is 50.2 Å². The van der Waals surface area contributed by atoms with Crippen LogP contribution in [0.5, 0.6) is 0 Å². The third-order valence-electron chi connectivity index (χ3n) is 6.22. The molecule has 1 heterocycles. The van der Waals surface area contributed by atoms with Crippen LogP contribution in [0.25, 0.3) is 22.7 Å². The third-order valence-corrected chi connectivity index (χ3v) is 6.22. The van der Waals surface area contributed by atoms with Gasteiger partial charge in [-0.2, -0.15) is 0 Å². The Balaban J connectivity index is 1.87. The van der Waals surface area contributed by atoms with E-state index in [1.807, 2.05) is 97.6 Å². The molecule has 0 aliphatic heterocycles. The summed E-state index contributed by atoms with van der Waals surface area (Å²) in [7, 11) is 0. The Kier molecular flexibility index (Phi) is 7.79. The molecular formula is C31H33N3O2. The zero-order chi connectivity index (χ0) is 25.7. The number of carbonyl (C=O) groups is 1. The Bertz CT molecular complexity index is 1420. The van der Waals surface area contributed by atoms with Crippen molar-refractivity contribution in [3.8, 4) is 5.69 Å². The van der Waals surface area contributed by atoms with Crippen molar-refractivity contribution in [3.63, 3.8) is 0 Å². The zero-order valence-electron chi connectivity index (χ0n) is 21.4. The normalized spacial score (nSPS) is 12.4. The Morgan fingerprint density at radius 3 is 2.31 bits per heavy atom. The minimum atomic E-state index is -0.376. The van der Waals surface area contributed by atoms with Crippen molar-refractivity contribution in [2.24, 2.45) is 5.92 Å². The minimum Gasteiger partial charge on any atom is -0.329 e. The second-order valence-electron chi connectivity index (χ2n) is 9.52. The van der Waals surface area contributed by atoms with Gasteiger partial charge in [0.2, 0.25) is 5.91 Å². The van der Waals surface area contributed by atoms with Gasteiger partial charge in [0.25, 0.3) is 5.56 Å². The molecule has 0 fully saturated rings. The molecule has 184 valence electrons. The fourth-order valence-corrected chi connectivity index (χ4v) is 4.45. The summed E-state index contributed by atoms with van der Waals surface area (Å²) in [5.74, 6) is 0.720. The lowest BCUT2D eigenvalue weighted by molar-refractivity contribution is -0.129. The summed E-state index contributed by atoms with van der Waals surface area (Å²) < 4.78 is 1.68. The molecule has 1 amide bonds. The minimum absolute atomic E-state index is 0.0998. The predicted octanol–water partition coefficient (Wildman–Crippen LogP) is 6.34. The van der Waals surface area contributed by atoms with Crippen LogP contribution in [0.4, 0.5) is 0 Å². The maximum absolute atomic E-state index is 13.8. The van der Waals surface area contributed by atoms with Crippen LogP contribution < -0.4 is 5.56 Å². The van der Waals surface area contributed by atoms with E-state index in [0.717, 1.165) is 16.8 Å². The molecule has 4 rings (SSSR count). The highest BCUT2D eigenvalue weighted by molar-refractivity contribution is 5.92. The topological polar surface area (TPSA) is 55.2 Å². The van der Waals surface area contributed by atoms with Gasteiger partial charge < -0.3 is 4.90 Å². The molecular weight excluding hydrogens is 446 g/mol. The Hall–Kier alpha value is -3.99. The zero-order valence-corrected chi connectivity index (χ0v) is 21.4. The lowest BCUT2D eigenvalue weighted by atomic mass is 10.1. The molecule has 0 N–H and O–H groups in total. The molecule has 0 bridgehead atoms. The first-order valence-corrected chi connectivity index (χ1v) is 12.5. The van der Waals surface area contributed by atoms with Crippen LogP contribution in [-0.2, 0) is 4.79 Å². The molecule has 0 radical (unpaired) electrons. The fraction of sp³-hybridized carbons (Fsp3) is 0.258. The van der Waals surface area contributed by atoms with Gasteiger partial charge in [0.1, 0.15) is 5.82 Å². The van der Waals surface area contributed by atoms with Gasteiger partial charge in [-0.15, -0.1) is 0 Å². The molecule has 0 saturated carbocycles. The van der Waals surface area contributed by atoms with Gasteiger partial charge in [0.15, 0.2) is 0 Å². The number of aryl methyl sites for hydroxylation is 1. The number of hydrogen-bond donors (Lipinski definition) is 0. The SMILES string of the molecule is CCC(c1nc2ccccc2c(=O)n1-c1ccc(C)cc1)N(CC(C)C)C(=O)/C=C/c1ccccc1. The highest BCUT2D eigenvalue weighted by Crippen LogP contribution is 2.27. The summed E-state index contributed by atoms with van der Waals surface area (Å²) in [5.41, 5.74) is 3.32. The van der Waals surface area contributed by atoms with Gasteiger partial charge in [0.05, 0.1) is 22.6 Å². The monoisotopic (exact) mass is 479 g/mol.